The van der Waals surface area contributed by atoms with E-state index in [-0.39, 0.29) is 0 Å². The smallest absolute Gasteiger partial charge is 0.165 e. The summed E-state index contributed by atoms with van der Waals surface area (Å²) in [5.41, 5.74) is 2.74. The van der Waals surface area contributed by atoms with Crippen molar-refractivity contribution in [2.45, 2.75) is 50.1 Å². The number of nitrogens with one attached hydrogen (secondary N) is 2. The largest absolute Gasteiger partial charge is 0.340 e. The summed E-state index contributed by atoms with van der Waals surface area (Å²) >= 11 is 1.78. The van der Waals surface area contributed by atoms with Gasteiger partial charge in [0.05, 0.1) is 0 Å². The molecule has 3 nitrogen and oxygen atoms in total. The fraction of sp³-hybridized carbons (Fsp3) is 0.471. The predicted molar refractivity (Wildman–Crippen MR) is 90.8 cm³/mol. The lowest BCUT2D eigenvalue weighted by atomic mass is 10.0. The van der Waals surface area contributed by atoms with Crippen LogP contribution < -0.4 is 5.32 Å². The second-order valence-electron chi connectivity index (χ2n) is 5.24. The lowest BCUT2D eigenvalue weighted by Gasteiger charge is -2.25. The number of aromatic nitrogens is 2. The molecule has 0 saturated carbocycles. The quantitative estimate of drug-likeness (QED) is 0.718. The zero-order valence-electron chi connectivity index (χ0n) is 13.1. The summed E-state index contributed by atoms with van der Waals surface area (Å²) in [6.07, 6.45) is 5.91. The molecule has 1 heterocycles. The van der Waals surface area contributed by atoms with E-state index in [1.165, 1.54) is 11.1 Å². The molecule has 0 aliphatic carbocycles. The normalized spacial score (nSPS) is 14.0. The molecule has 0 saturated heterocycles. The Balaban J connectivity index is 2.11. The van der Waals surface area contributed by atoms with E-state index in [9.17, 15) is 0 Å². The molecule has 2 rings (SSSR count). The first-order chi connectivity index (χ1) is 10.2. The number of thioether (sulfide) groups is 1. The molecular formula is C17H25N3S. The van der Waals surface area contributed by atoms with Crippen LogP contribution in [0.2, 0.25) is 0 Å². The summed E-state index contributed by atoms with van der Waals surface area (Å²) in [6, 6.07) is 9.32. The van der Waals surface area contributed by atoms with E-state index in [0.29, 0.717) is 11.3 Å². The van der Waals surface area contributed by atoms with Gasteiger partial charge in [-0.05, 0) is 30.5 Å². The first kappa shape index (κ1) is 16.1. The molecule has 114 valence electrons. The van der Waals surface area contributed by atoms with E-state index in [2.05, 4.69) is 60.3 Å². The van der Waals surface area contributed by atoms with Crippen LogP contribution in [0.5, 0.6) is 0 Å². The standard InChI is InChI=1S/C17H25N3S/c1-4-10-18-16(13(3)21-17-19-11-12-20-17)15-8-6-14(5-2)7-9-15/h6-9,11-13,16,18H,4-5,10H2,1-3H3,(H,19,20). The summed E-state index contributed by atoms with van der Waals surface area (Å²) in [7, 11) is 0. The Morgan fingerprint density at radius 1 is 1.24 bits per heavy atom. The monoisotopic (exact) mass is 303 g/mol. The van der Waals surface area contributed by atoms with Crippen LogP contribution in [-0.2, 0) is 6.42 Å². The van der Waals surface area contributed by atoms with Gasteiger partial charge in [0.15, 0.2) is 5.16 Å². The van der Waals surface area contributed by atoms with E-state index < -0.39 is 0 Å². The number of benzene rings is 1. The summed E-state index contributed by atoms with van der Waals surface area (Å²) in [5.74, 6) is 0. The number of rotatable bonds is 8. The molecule has 0 fully saturated rings. The zero-order valence-corrected chi connectivity index (χ0v) is 13.9. The molecule has 0 spiro atoms. The average Bonchev–Trinajstić information content (AvgIpc) is 3.01. The van der Waals surface area contributed by atoms with Crippen molar-refractivity contribution in [2.75, 3.05) is 6.54 Å². The molecule has 4 heteroatoms. The highest BCUT2D eigenvalue weighted by molar-refractivity contribution is 7.99. The number of nitrogens with zero attached hydrogens (tertiary/aromatic N) is 1. The fourth-order valence-corrected chi connectivity index (χ4v) is 3.37. The van der Waals surface area contributed by atoms with Gasteiger partial charge >= 0.3 is 0 Å². The van der Waals surface area contributed by atoms with Gasteiger partial charge in [-0.2, -0.15) is 0 Å². The van der Waals surface area contributed by atoms with E-state index >= 15 is 0 Å². The molecule has 0 aliphatic rings. The van der Waals surface area contributed by atoms with Crippen molar-refractivity contribution in [3.8, 4) is 0 Å². The van der Waals surface area contributed by atoms with Crippen LogP contribution >= 0.6 is 11.8 Å². The van der Waals surface area contributed by atoms with Crippen molar-refractivity contribution in [1.29, 1.82) is 0 Å². The number of hydrogen-bond acceptors (Lipinski definition) is 3. The number of aryl methyl sites for hydroxylation is 1. The zero-order chi connectivity index (χ0) is 15.1. The molecule has 2 unspecified atom stereocenters. The van der Waals surface area contributed by atoms with Gasteiger partial charge in [0.2, 0.25) is 0 Å². The molecule has 0 bridgehead atoms. The van der Waals surface area contributed by atoms with Crippen LogP contribution in [0.1, 0.15) is 44.4 Å². The molecule has 2 N–H and O–H groups in total. The first-order valence-corrected chi connectivity index (χ1v) is 8.60. The van der Waals surface area contributed by atoms with Crippen molar-refractivity contribution in [2.24, 2.45) is 0 Å². The van der Waals surface area contributed by atoms with E-state index in [0.717, 1.165) is 24.5 Å². The predicted octanol–water partition coefficient (Wildman–Crippen LogP) is 4.19. The summed E-state index contributed by atoms with van der Waals surface area (Å²) in [6.45, 7) is 7.68. The van der Waals surface area contributed by atoms with Crippen molar-refractivity contribution >= 4 is 11.8 Å². The van der Waals surface area contributed by atoms with Crippen LogP contribution in [0.15, 0.2) is 41.8 Å². The highest BCUT2D eigenvalue weighted by atomic mass is 32.2. The SMILES string of the molecule is CCCNC(c1ccc(CC)cc1)C(C)Sc1ncc[nH]1. The van der Waals surface area contributed by atoms with Gasteiger partial charge in [0.25, 0.3) is 0 Å². The molecule has 0 amide bonds. The van der Waals surface area contributed by atoms with Crippen LogP contribution in [0, 0.1) is 0 Å². The maximum atomic E-state index is 4.32. The Kier molecular flexibility index (Phi) is 6.33. The van der Waals surface area contributed by atoms with Crippen LogP contribution in [-0.4, -0.2) is 21.8 Å². The van der Waals surface area contributed by atoms with Crippen LogP contribution in [0.4, 0.5) is 0 Å². The van der Waals surface area contributed by atoms with Gasteiger partial charge in [-0.25, -0.2) is 4.98 Å². The maximum Gasteiger partial charge on any atom is 0.165 e. The van der Waals surface area contributed by atoms with E-state index in [1.54, 1.807) is 18.0 Å². The summed E-state index contributed by atoms with van der Waals surface area (Å²) < 4.78 is 0. The number of imidazole rings is 1. The number of H-pyrrole nitrogens is 1. The van der Waals surface area contributed by atoms with Crippen molar-refractivity contribution in [3.63, 3.8) is 0 Å². The highest BCUT2D eigenvalue weighted by Gasteiger charge is 2.20. The molecular weight excluding hydrogens is 278 g/mol. The Bertz CT molecular complexity index is 507. The molecule has 1 aromatic carbocycles. The van der Waals surface area contributed by atoms with E-state index in [1.807, 2.05) is 6.20 Å². The third kappa shape index (κ3) is 4.61. The van der Waals surface area contributed by atoms with Gasteiger partial charge in [-0.1, -0.05) is 56.8 Å². The Morgan fingerprint density at radius 2 is 2.00 bits per heavy atom. The minimum absolute atomic E-state index is 0.339. The second kappa shape index (κ2) is 8.25. The van der Waals surface area contributed by atoms with Gasteiger partial charge in [0.1, 0.15) is 0 Å². The average molecular weight is 303 g/mol. The lowest BCUT2D eigenvalue weighted by Crippen LogP contribution is -2.29. The van der Waals surface area contributed by atoms with Crippen molar-refractivity contribution < 1.29 is 0 Å². The topological polar surface area (TPSA) is 40.7 Å². The third-order valence-corrected chi connectivity index (χ3v) is 4.69. The first-order valence-electron chi connectivity index (χ1n) is 7.72. The molecule has 0 radical (unpaired) electrons. The van der Waals surface area contributed by atoms with Gasteiger partial charge in [-0.3, -0.25) is 0 Å². The molecule has 2 aromatic rings. The Hall–Kier alpha value is -1.26. The second-order valence-corrected chi connectivity index (χ2v) is 6.61. The minimum Gasteiger partial charge on any atom is -0.340 e. The summed E-state index contributed by atoms with van der Waals surface area (Å²) in [5, 5.41) is 5.07. The highest BCUT2D eigenvalue weighted by Crippen LogP contribution is 2.30. The molecule has 0 aliphatic heterocycles. The minimum atomic E-state index is 0.339. The molecule has 1 aromatic heterocycles. The van der Waals surface area contributed by atoms with Crippen LogP contribution in [0.25, 0.3) is 0 Å². The maximum absolute atomic E-state index is 4.32. The summed E-state index contributed by atoms with van der Waals surface area (Å²) in [4.78, 5) is 7.49. The van der Waals surface area contributed by atoms with Crippen molar-refractivity contribution in [3.05, 3.63) is 47.8 Å². The van der Waals surface area contributed by atoms with E-state index in [4.69, 9.17) is 0 Å². The Labute approximate surface area is 132 Å². The fourth-order valence-electron chi connectivity index (χ4n) is 2.37. The lowest BCUT2D eigenvalue weighted by molar-refractivity contribution is 0.527. The Morgan fingerprint density at radius 3 is 2.57 bits per heavy atom. The molecule has 21 heavy (non-hydrogen) atoms. The van der Waals surface area contributed by atoms with Gasteiger partial charge in [-0.15, -0.1) is 0 Å². The van der Waals surface area contributed by atoms with Crippen molar-refractivity contribution in [1.82, 2.24) is 15.3 Å². The van der Waals surface area contributed by atoms with Gasteiger partial charge < -0.3 is 10.3 Å². The number of aromatic amines is 1. The molecule has 2 atom stereocenters. The number of hydrogen-bond donors (Lipinski definition) is 2. The van der Waals surface area contributed by atoms with Gasteiger partial charge in [0, 0.05) is 23.7 Å². The third-order valence-electron chi connectivity index (χ3n) is 3.60. The van der Waals surface area contributed by atoms with Crippen LogP contribution in [0.3, 0.4) is 0 Å².